The fraction of sp³-hybridized carbons (Fsp3) is 0.750. The first kappa shape index (κ1) is 13.5. The summed E-state index contributed by atoms with van der Waals surface area (Å²) < 4.78 is 4.85. The molecular weight excluding hydrogens is 220 g/mol. The Bertz CT molecular complexity index is 359. The summed E-state index contributed by atoms with van der Waals surface area (Å²) in [5, 5.41) is 13.0. The molecule has 0 aromatic carbocycles. The Kier molecular flexibility index (Phi) is 4.50. The highest BCUT2D eigenvalue weighted by atomic mass is 16.7. The topological polar surface area (TPSA) is 71.7 Å². The summed E-state index contributed by atoms with van der Waals surface area (Å²) in [5.74, 6) is -0.422. The maximum Gasteiger partial charge on any atom is 0.368 e. The average molecular weight is 238 g/mol. The Morgan fingerprint density at radius 2 is 2.41 bits per heavy atom. The molecule has 2 unspecified atom stereocenters. The number of hydrogen-bond donors (Lipinski definition) is 0. The molecule has 0 aromatic rings. The van der Waals surface area contributed by atoms with Gasteiger partial charge in [0.1, 0.15) is 6.07 Å². The zero-order valence-corrected chi connectivity index (χ0v) is 10.5. The van der Waals surface area contributed by atoms with Crippen LogP contribution < -0.4 is 0 Å². The van der Waals surface area contributed by atoms with E-state index in [4.69, 9.17) is 14.8 Å². The molecule has 0 saturated carbocycles. The quantitative estimate of drug-likeness (QED) is 0.687. The van der Waals surface area contributed by atoms with Crippen LogP contribution in [0.2, 0.25) is 0 Å². The number of carbonyl (C=O) groups is 1. The lowest BCUT2D eigenvalue weighted by Gasteiger charge is -2.16. The van der Waals surface area contributed by atoms with Gasteiger partial charge in [0, 0.05) is 0 Å². The number of hydrogen-bond acceptors (Lipinski definition) is 5. The van der Waals surface area contributed by atoms with Crippen molar-refractivity contribution in [2.45, 2.75) is 45.6 Å². The lowest BCUT2D eigenvalue weighted by Crippen LogP contribution is -2.39. The second-order valence-corrected chi connectivity index (χ2v) is 4.20. The van der Waals surface area contributed by atoms with Crippen molar-refractivity contribution >= 4 is 11.7 Å². The van der Waals surface area contributed by atoms with Crippen molar-refractivity contribution in [3.8, 4) is 6.07 Å². The van der Waals surface area contributed by atoms with E-state index in [1.807, 2.05) is 13.0 Å². The predicted molar refractivity (Wildman–Crippen MR) is 62.2 cm³/mol. The Morgan fingerprint density at radius 3 is 2.94 bits per heavy atom. The first-order valence-electron chi connectivity index (χ1n) is 5.93. The number of carbonyl (C=O) groups excluding carboxylic acids is 1. The Balaban J connectivity index is 2.72. The molecule has 0 spiro atoms. The van der Waals surface area contributed by atoms with Crippen molar-refractivity contribution in [1.82, 2.24) is 0 Å². The largest absolute Gasteiger partial charge is 0.462 e. The van der Waals surface area contributed by atoms with Crippen LogP contribution in [0.1, 0.15) is 40.0 Å². The van der Waals surface area contributed by atoms with Crippen molar-refractivity contribution in [2.75, 3.05) is 6.61 Å². The van der Waals surface area contributed by atoms with Gasteiger partial charge in [-0.1, -0.05) is 25.4 Å². The van der Waals surface area contributed by atoms with E-state index in [1.165, 1.54) is 0 Å². The number of nitrogens with zero attached hydrogens (tertiary/aromatic N) is 2. The number of rotatable bonds is 5. The lowest BCUT2D eigenvalue weighted by atomic mass is 9.91. The molecule has 94 valence electrons. The second kappa shape index (κ2) is 5.67. The van der Waals surface area contributed by atoms with Crippen molar-refractivity contribution in [2.24, 2.45) is 11.1 Å². The molecule has 0 fully saturated rings. The highest BCUT2D eigenvalue weighted by Gasteiger charge is 2.49. The van der Waals surface area contributed by atoms with Gasteiger partial charge >= 0.3 is 11.6 Å². The first-order valence-corrected chi connectivity index (χ1v) is 5.93. The van der Waals surface area contributed by atoms with Gasteiger partial charge in [0.25, 0.3) is 0 Å². The summed E-state index contributed by atoms with van der Waals surface area (Å²) in [5.41, 5.74) is -0.797. The highest BCUT2D eigenvalue weighted by Crippen LogP contribution is 2.29. The van der Waals surface area contributed by atoms with E-state index in [1.54, 1.807) is 6.92 Å². The van der Waals surface area contributed by atoms with Crippen LogP contribution in [0.25, 0.3) is 0 Å². The SMILES string of the molecule is CCCC(C)C1=NOC(C#N)(C(=O)OCC)C1. The lowest BCUT2D eigenvalue weighted by molar-refractivity contribution is -0.162. The van der Waals surface area contributed by atoms with Gasteiger partial charge in [-0.25, -0.2) is 4.79 Å². The van der Waals surface area contributed by atoms with E-state index < -0.39 is 11.6 Å². The summed E-state index contributed by atoms with van der Waals surface area (Å²) in [6.45, 7) is 6.02. The molecule has 1 aliphatic heterocycles. The molecule has 0 aromatic heterocycles. The second-order valence-electron chi connectivity index (χ2n) is 4.20. The number of esters is 1. The molecule has 1 aliphatic rings. The smallest absolute Gasteiger partial charge is 0.368 e. The predicted octanol–water partition coefficient (Wildman–Crippen LogP) is 2.02. The van der Waals surface area contributed by atoms with E-state index >= 15 is 0 Å². The van der Waals surface area contributed by atoms with E-state index in [-0.39, 0.29) is 18.9 Å². The standard InChI is InChI=1S/C12H18N2O3/c1-4-6-9(3)10-7-12(8-13,17-14-10)11(15)16-5-2/h9H,4-7H2,1-3H3. The molecule has 0 N–H and O–H groups in total. The summed E-state index contributed by atoms with van der Waals surface area (Å²) in [7, 11) is 0. The number of nitriles is 1. The van der Waals surface area contributed by atoms with Crippen LogP contribution in [-0.2, 0) is 14.4 Å². The molecular formula is C12H18N2O3. The maximum atomic E-state index is 11.7. The van der Waals surface area contributed by atoms with Gasteiger partial charge < -0.3 is 9.57 Å². The van der Waals surface area contributed by atoms with E-state index in [2.05, 4.69) is 12.1 Å². The maximum absolute atomic E-state index is 11.7. The minimum atomic E-state index is -1.56. The van der Waals surface area contributed by atoms with Gasteiger partial charge in [-0.3, -0.25) is 0 Å². The van der Waals surface area contributed by atoms with Crippen LogP contribution in [0, 0.1) is 17.2 Å². The fourth-order valence-corrected chi connectivity index (χ4v) is 1.78. The third kappa shape index (κ3) is 2.76. The number of ether oxygens (including phenoxy) is 1. The van der Waals surface area contributed by atoms with Crippen LogP contribution in [0.5, 0.6) is 0 Å². The molecule has 5 nitrogen and oxygen atoms in total. The van der Waals surface area contributed by atoms with Crippen LogP contribution >= 0.6 is 0 Å². The first-order chi connectivity index (χ1) is 8.09. The number of oxime groups is 1. The Hall–Kier alpha value is -1.57. The molecule has 5 heteroatoms. The Morgan fingerprint density at radius 1 is 1.71 bits per heavy atom. The fourth-order valence-electron chi connectivity index (χ4n) is 1.78. The summed E-state index contributed by atoms with van der Waals surface area (Å²) in [6.07, 6.45) is 2.20. The molecule has 2 atom stereocenters. The summed E-state index contributed by atoms with van der Waals surface area (Å²) in [6, 6.07) is 1.88. The molecule has 0 radical (unpaired) electrons. The molecule has 1 rings (SSSR count). The van der Waals surface area contributed by atoms with Gasteiger partial charge in [-0.15, -0.1) is 0 Å². The highest BCUT2D eigenvalue weighted by molar-refractivity contribution is 5.96. The van der Waals surface area contributed by atoms with Crippen LogP contribution in [0.4, 0.5) is 0 Å². The van der Waals surface area contributed by atoms with Crippen molar-refractivity contribution in [3.05, 3.63) is 0 Å². The molecule has 17 heavy (non-hydrogen) atoms. The van der Waals surface area contributed by atoms with Gasteiger partial charge in [0.05, 0.1) is 18.7 Å². The zero-order valence-electron chi connectivity index (χ0n) is 10.5. The summed E-state index contributed by atoms with van der Waals surface area (Å²) >= 11 is 0. The van der Waals surface area contributed by atoms with Gasteiger partial charge in [0.2, 0.25) is 0 Å². The molecule has 0 saturated heterocycles. The van der Waals surface area contributed by atoms with Crippen LogP contribution in [0.15, 0.2) is 5.16 Å². The van der Waals surface area contributed by atoms with Crippen molar-refractivity contribution < 1.29 is 14.4 Å². The van der Waals surface area contributed by atoms with Gasteiger partial charge in [-0.2, -0.15) is 5.26 Å². The third-order valence-corrected chi connectivity index (χ3v) is 2.83. The zero-order chi connectivity index (χ0) is 12.9. The van der Waals surface area contributed by atoms with E-state index in [0.29, 0.717) is 0 Å². The summed E-state index contributed by atoms with van der Waals surface area (Å²) in [4.78, 5) is 16.7. The molecule has 0 aliphatic carbocycles. The molecule has 1 heterocycles. The van der Waals surface area contributed by atoms with Crippen molar-refractivity contribution in [3.63, 3.8) is 0 Å². The van der Waals surface area contributed by atoms with Crippen LogP contribution in [-0.4, -0.2) is 23.9 Å². The molecule has 0 amide bonds. The van der Waals surface area contributed by atoms with Gasteiger partial charge in [0.15, 0.2) is 0 Å². The monoisotopic (exact) mass is 238 g/mol. The normalized spacial score (nSPS) is 24.5. The minimum absolute atomic E-state index is 0.212. The van der Waals surface area contributed by atoms with Gasteiger partial charge in [-0.05, 0) is 19.3 Å². The third-order valence-electron chi connectivity index (χ3n) is 2.83. The molecule has 0 bridgehead atoms. The van der Waals surface area contributed by atoms with E-state index in [0.717, 1.165) is 18.6 Å². The van der Waals surface area contributed by atoms with Crippen molar-refractivity contribution in [1.29, 1.82) is 5.26 Å². The minimum Gasteiger partial charge on any atom is -0.462 e. The average Bonchev–Trinajstić information content (AvgIpc) is 2.75. The van der Waals surface area contributed by atoms with E-state index in [9.17, 15) is 4.79 Å². The Labute approximate surface area is 101 Å². The van der Waals surface area contributed by atoms with Crippen LogP contribution in [0.3, 0.4) is 0 Å².